The van der Waals surface area contributed by atoms with Crippen molar-refractivity contribution in [1.82, 2.24) is 10.2 Å². The molecule has 0 aliphatic rings. The summed E-state index contributed by atoms with van der Waals surface area (Å²) < 4.78 is 5.61. The minimum Gasteiger partial charge on any atom is -0.490 e. The number of carbonyl (C=O) groups excluding carboxylic acids is 1. The molecule has 6 nitrogen and oxygen atoms in total. The maximum atomic E-state index is 12.5. The molecule has 2 rings (SSSR count). The van der Waals surface area contributed by atoms with Gasteiger partial charge in [0.25, 0.3) is 0 Å². The number of carbonyl (C=O) groups is 1. The summed E-state index contributed by atoms with van der Waals surface area (Å²) in [6.45, 7) is 5.77. The Morgan fingerprint density at radius 2 is 1.79 bits per heavy atom. The number of benzene rings is 2. The van der Waals surface area contributed by atoms with Crippen LogP contribution in [0, 0.1) is 11.3 Å². The summed E-state index contributed by atoms with van der Waals surface area (Å²) in [5.74, 6) is 0.508. The lowest BCUT2D eigenvalue weighted by molar-refractivity contribution is 0.223. The van der Waals surface area contributed by atoms with Crippen LogP contribution in [0.3, 0.4) is 0 Å². The zero-order valence-corrected chi connectivity index (χ0v) is 17.1. The molecule has 28 heavy (non-hydrogen) atoms. The average molecular weight is 380 g/mol. The van der Waals surface area contributed by atoms with Crippen molar-refractivity contribution in [2.75, 3.05) is 19.4 Å². The number of likely N-dealkylation sites (N-methyl/N-ethyl adjacent to an activating group) is 1. The first-order valence-electron chi connectivity index (χ1n) is 9.31. The quantitative estimate of drug-likeness (QED) is 0.756. The maximum absolute atomic E-state index is 12.5. The van der Waals surface area contributed by atoms with Gasteiger partial charge in [-0.1, -0.05) is 30.3 Å². The molecule has 0 saturated carbocycles. The highest BCUT2D eigenvalue weighted by atomic mass is 16.5. The van der Waals surface area contributed by atoms with Crippen LogP contribution in [0.1, 0.15) is 37.9 Å². The van der Waals surface area contributed by atoms with Crippen molar-refractivity contribution in [2.24, 2.45) is 0 Å². The van der Waals surface area contributed by atoms with E-state index in [1.54, 1.807) is 18.2 Å². The molecule has 0 heterocycles. The zero-order chi connectivity index (χ0) is 20.7. The van der Waals surface area contributed by atoms with E-state index in [1.165, 1.54) is 0 Å². The molecule has 2 amide bonds. The lowest BCUT2D eigenvalue weighted by Gasteiger charge is -2.31. The second-order valence-corrected chi connectivity index (χ2v) is 7.20. The predicted molar refractivity (Wildman–Crippen MR) is 111 cm³/mol. The Labute approximate surface area is 167 Å². The molecular formula is C22H28N4O2. The van der Waals surface area contributed by atoms with Gasteiger partial charge in [0, 0.05) is 11.7 Å². The Kier molecular flexibility index (Phi) is 7.42. The molecule has 0 aliphatic carbocycles. The van der Waals surface area contributed by atoms with E-state index in [1.807, 2.05) is 65.2 Å². The lowest BCUT2D eigenvalue weighted by atomic mass is 9.99. The van der Waals surface area contributed by atoms with E-state index < -0.39 is 0 Å². The highest BCUT2D eigenvalue weighted by Crippen LogP contribution is 2.24. The van der Waals surface area contributed by atoms with Crippen LogP contribution in [0.25, 0.3) is 0 Å². The number of hydrogen-bond donors (Lipinski definition) is 2. The van der Waals surface area contributed by atoms with Crippen LogP contribution in [0.15, 0.2) is 48.5 Å². The van der Waals surface area contributed by atoms with Crippen molar-refractivity contribution in [2.45, 2.75) is 39.0 Å². The fraction of sp³-hybridized carbons (Fsp3) is 0.364. The molecule has 0 saturated heterocycles. The molecule has 2 aromatic rings. The topological polar surface area (TPSA) is 77.4 Å². The first kappa shape index (κ1) is 21.3. The summed E-state index contributed by atoms with van der Waals surface area (Å²) in [5, 5.41) is 15.1. The molecule has 0 fully saturated rings. The van der Waals surface area contributed by atoms with Crippen LogP contribution in [-0.4, -0.2) is 37.2 Å². The third-order valence-corrected chi connectivity index (χ3v) is 4.25. The number of amides is 2. The molecule has 2 atom stereocenters. The van der Waals surface area contributed by atoms with Crippen LogP contribution < -0.4 is 15.4 Å². The van der Waals surface area contributed by atoms with Gasteiger partial charge in [-0.2, -0.15) is 5.26 Å². The van der Waals surface area contributed by atoms with Crippen LogP contribution in [-0.2, 0) is 0 Å². The smallest absolute Gasteiger partial charge is 0.319 e. The van der Waals surface area contributed by atoms with E-state index in [0.717, 1.165) is 5.56 Å². The van der Waals surface area contributed by atoms with Gasteiger partial charge in [0.1, 0.15) is 11.8 Å². The number of urea groups is 1. The molecule has 0 aromatic heterocycles. The third-order valence-electron chi connectivity index (χ3n) is 4.25. The van der Waals surface area contributed by atoms with Gasteiger partial charge in [0.05, 0.1) is 17.7 Å². The highest BCUT2D eigenvalue weighted by Gasteiger charge is 2.23. The number of nitrogens with one attached hydrogen (secondary N) is 2. The van der Waals surface area contributed by atoms with Gasteiger partial charge >= 0.3 is 6.03 Å². The minimum atomic E-state index is -0.323. The van der Waals surface area contributed by atoms with Gasteiger partial charge in [0.15, 0.2) is 0 Å². The normalized spacial score (nSPS) is 12.9. The van der Waals surface area contributed by atoms with Crippen LogP contribution >= 0.6 is 0 Å². The summed E-state index contributed by atoms with van der Waals surface area (Å²) in [6, 6.07) is 16.8. The van der Waals surface area contributed by atoms with E-state index >= 15 is 0 Å². The second-order valence-electron chi connectivity index (χ2n) is 7.20. The van der Waals surface area contributed by atoms with E-state index in [2.05, 4.69) is 21.6 Å². The average Bonchev–Trinajstić information content (AvgIpc) is 2.63. The number of ether oxygens (including phenoxy) is 1. The van der Waals surface area contributed by atoms with E-state index in [4.69, 9.17) is 4.74 Å². The SMILES string of the molecule is CC(C)Oc1ccc(NC(=O)N[C@@H](C)[C@H](c2ccccc2)N(C)C)cc1C#N. The third kappa shape index (κ3) is 5.73. The Morgan fingerprint density at radius 3 is 2.36 bits per heavy atom. The van der Waals surface area contributed by atoms with Crippen LogP contribution in [0.2, 0.25) is 0 Å². The van der Waals surface area contributed by atoms with Crippen molar-refractivity contribution >= 4 is 11.7 Å². The molecule has 0 spiro atoms. The molecule has 148 valence electrons. The van der Waals surface area contributed by atoms with Gasteiger partial charge in [-0.15, -0.1) is 0 Å². The van der Waals surface area contributed by atoms with Crippen molar-refractivity contribution in [3.05, 3.63) is 59.7 Å². The number of rotatable bonds is 7. The lowest BCUT2D eigenvalue weighted by Crippen LogP contribution is -2.44. The van der Waals surface area contributed by atoms with Gasteiger partial charge in [-0.05, 0) is 58.6 Å². The fourth-order valence-corrected chi connectivity index (χ4v) is 3.19. The summed E-state index contributed by atoms with van der Waals surface area (Å²) in [4.78, 5) is 14.6. The molecule has 2 N–H and O–H groups in total. The molecule has 0 aliphatic heterocycles. The summed E-state index contributed by atoms with van der Waals surface area (Å²) in [6.07, 6.45) is -0.0315. The van der Waals surface area contributed by atoms with E-state index in [-0.39, 0.29) is 24.2 Å². The maximum Gasteiger partial charge on any atom is 0.319 e. The van der Waals surface area contributed by atoms with Gasteiger partial charge in [-0.3, -0.25) is 0 Å². The largest absolute Gasteiger partial charge is 0.490 e. The van der Waals surface area contributed by atoms with E-state index in [9.17, 15) is 10.1 Å². The Bertz CT molecular complexity index is 828. The predicted octanol–water partition coefficient (Wildman–Crippen LogP) is 4.16. The molecule has 6 heteroatoms. The van der Waals surface area contributed by atoms with Gasteiger partial charge in [-0.25, -0.2) is 4.79 Å². The molecule has 0 radical (unpaired) electrons. The molecule has 0 unspecified atom stereocenters. The first-order chi connectivity index (χ1) is 13.3. The number of nitriles is 1. The number of anilines is 1. The van der Waals surface area contributed by atoms with Gasteiger partial charge < -0.3 is 20.3 Å². The molecule has 0 bridgehead atoms. The zero-order valence-electron chi connectivity index (χ0n) is 17.1. The summed E-state index contributed by atoms with van der Waals surface area (Å²) in [7, 11) is 3.97. The Balaban J connectivity index is 2.07. The van der Waals surface area contributed by atoms with Crippen LogP contribution in [0.5, 0.6) is 5.75 Å². The van der Waals surface area contributed by atoms with Crippen molar-refractivity contribution in [3.63, 3.8) is 0 Å². The first-order valence-corrected chi connectivity index (χ1v) is 9.31. The Morgan fingerprint density at radius 1 is 1.11 bits per heavy atom. The number of hydrogen-bond acceptors (Lipinski definition) is 4. The summed E-state index contributed by atoms with van der Waals surface area (Å²) >= 11 is 0. The van der Waals surface area contributed by atoms with Gasteiger partial charge in [0.2, 0.25) is 0 Å². The van der Waals surface area contributed by atoms with E-state index in [0.29, 0.717) is 17.0 Å². The van der Waals surface area contributed by atoms with Crippen molar-refractivity contribution in [3.8, 4) is 11.8 Å². The monoisotopic (exact) mass is 380 g/mol. The van der Waals surface area contributed by atoms with Crippen LogP contribution in [0.4, 0.5) is 10.5 Å². The molecule has 2 aromatic carbocycles. The summed E-state index contributed by atoms with van der Waals surface area (Å²) in [5.41, 5.74) is 2.05. The fourth-order valence-electron chi connectivity index (χ4n) is 3.19. The minimum absolute atomic E-state index is 0.0310. The molecular weight excluding hydrogens is 352 g/mol. The van der Waals surface area contributed by atoms with Crippen molar-refractivity contribution < 1.29 is 9.53 Å². The van der Waals surface area contributed by atoms with Crippen molar-refractivity contribution in [1.29, 1.82) is 5.26 Å². The number of nitrogens with zero attached hydrogens (tertiary/aromatic N) is 2. The highest BCUT2D eigenvalue weighted by molar-refractivity contribution is 5.89. The second kappa shape index (κ2) is 9.77. The standard InChI is InChI=1S/C22H28N4O2/c1-15(2)28-20-12-11-19(13-18(20)14-23)25-22(27)24-16(3)21(26(4)5)17-9-7-6-8-10-17/h6-13,15-16,21H,1-5H3,(H2,24,25,27)/t16-,21+/m0/s1. The Hall–Kier alpha value is -3.04.